The van der Waals surface area contributed by atoms with E-state index in [0.717, 1.165) is 5.52 Å². The lowest BCUT2D eigenvalue weighted by atomic mass is 10.1. The van der Waals surface area contributed by atoms with Gasteiger partial charge in [-0.25, -0.2) is 9.48 Å². The summed E-state index contributed by atoms with van der Waals surface area (Å²) in [5.41, 5.74) is 1.81. The Kier molecular flexibility index (Phi) is 5.20. The molecule has 0 spiro atoms. The molecular formula is C18H18N4O5. The first-order valence-corrected chi connectivity index (χ1v) is 7.99. The van der Waals surface area contributed by atoms with E-state index in [-0.39, 0.29) is 23.7 Å². The van der Waals surface area contributed by atoms with Crippen LogP contribution in [0.25, 0.3) is 11.0 Å². The molecular weight excluding hydrogens is 352 g/mol. The maximum Gasteiger partial charge on any atom is 0.340 e. The van der Waals surface area contributed by atoms with Crippen LogP contribution < -0.4 is 14.8 Å². The Balaban J connectivity index is 1.89. The van der Waals surface area contributed by atoms with Crippen LogP contribution in [0.15, 0.2) is 36.4 Å². The van der Waals surface area contributed by atoms with Crippen LogP contribution in [-0.4, -0.2) is 48.2 Å². The molecule has 0 saturated heterocycles. The minimum atomic E-state index is -0.613. The van der Waals surface area contributed by atoms with Gasteiger partial charge in [-0.1, -0.05) is 17.3 Å². The summed E-state index contributed by atoms with van der Waals surface area (Å²) in [5, 5.41) is 10.7. The molecule has 140 valence electrons. The summed E-state index contributed by atoms with van der Waals surface area (Å²) in [6.07, 6.45) is 0. The number of anilines is 1. The van der Waals surface area contributed by atoms with E-state index < -0.39 is 5.97 Å². The van der Waals surface area contributed by atoms with Gasteiger partial charge in [0.1, 0.15) is 12.1 Å². The molecule has 0 radical (unpaired) electrons. The third kappa shape index (κ3) is 3.66. The van der Waals surface area contributed by atoms with Gasteiger partial charge < -0.3 is 19.5 Å². The third-order valence-electron chi connectivity index (χ3n) is 3.92. The number of carbonyl (C=O) groups excluding carboxylic acids is 2. The van der Waals surface area contributed by atoms with Gasteiger partial charge in [0, 0.05) is 12.1 Å². The lowest BCUT2D eigenvalue weighted by molar-refractivity contribution is -0.116. The van der Waals surface area contributed by atoms with E-state index in [1.165, 1.54) is 38.1 Å². The predicted molar refractivity (Wildman–Crippen MR) is 97.0 cm³/mol. The molecule has 1 N–H and O–H groups in total. The number of carbonyl (C=O) groups is 2. The zero-order valence-corrected chi connectivity index (χ0v) is 15.1. The van der Waals surface area contributed by atoms with Gasteiger partial charge in [-0.15, -0.1) is 5.10 Å². The molecule has 9 heteroatoms. The van der Waals surface area contributed by atoms with Crippen LogP contribution in [-0.2, 0) is 16.1 Å². The fourth-order valence-corrected chi connectivity index (χ4v) is 2.62. The number of para-hydroxylation sites is 1. The van der Waals surface area contributed by atoms with Gasteiger partial charge >= 0.3 is 5.97 Å². The van der Waals surface area contributed by atoms with Crippen LogP contribution in [0.1, 0.15) is 10.4 Å². The molecule has 0 atom stereocenters. The number of hydrogen-bond acceptors (Lipinski definition) is 7. The first-order chi connectivity index (χ1) is 13.1. The number of esters is 1. The van der Waals surface area contributed by atoms with Crippen molar-refractivity contribution in [1.82, 2.24) is 15.0 Å². The Morgan fingerprint density at radius 1 is 1.07 bits per heavy atom. The zero-order chi connectivity index (χ0) is 19.4. The van der Waals surface area contributed by atoms with E-state index in [0.29, 0.717) is 17.0 Å². The largest absolute Gasteiger partial charge is 0.493 e. The second-order valence-corrected chi connectivity index (χ2v) is 5.53. The zero-order valence-electron chi connectivity index (χ0n) is 15.1. The first-order valence-electron chi connectivity index (χ1n) is 7.99. The highest BCUT2D eigenvalue weighted by molar-refractivity contribution is 6.02. The van der Waals surface area contributed by atoms with Crippen molar-refractivity contribution in [2.24, 2.45) is 0 Å². The minimum absolute atomic E-state index is 0.0739. The van der Waals surface area contributed by atoms with E-state index in [1.807, 2.05) is 18.2 Å². The third-order valence-corrected chi connectivity index (χ3v) is 3.92. The van der Waals surface area contributed by atoms with Crippen molar-refractivity contribution in [2.45, 2.75) is 6.54 Å². The summed E-state index contributed by atoms with van der Waals surface area (Å²) in [5.74, 6) is -0.287. The van der Waals surface area contributed by atoms with Gasteiger partial charge in [-0.2, -0.15) is 0 Å². The average Bonchev–Trinajstić information content (AvgIpc) is 3.09. The Labute approximate surface area is 154 Å². The topological polar surface area (TPSA) is 105 Å². The van der Waals surface area contributed by atoms with Crippen LogP contribution in [0.2, 0.25) is 0 Å². The van der Waals surface area contributed by atoms with Crippen LogP contribution in [0.3, 0.4) is 0 Å². The Hall–Kier alpha value is -3.62. The minimum Gasteiger partial charge on any atom is -0.493 e. The lowest BCUT2D eigenvalue weighted by Gasteiger charge is -2.14. The quantitative estimate of drug-likeness (QED) is 0.661. The summed E-state index contributed by atoms with van der Waals surface area (Å²) < 4.78 is 16.7. The number of nitrogens with one attached hydrogen (secondary N) is 1. The van der Waals surface area contributed by atoms with Crippen molar-refractivity contribution in [2.75, 3.05) is 26.6 Å². The van der Waals surface area contributed by atoms with E-state index in [1.54, 1.807) is 6.07 Å². The smallest absolute Gasteiger partial charge is 0.340 e. The molecule has 0 aliphatic carbocycles. The van der Waals surface area contributed by atoms with Gasteiger partial charge in [-0.3, -0.25) is 4.79 Å². The Morgan fingerprint density at radius 2 is 1.78 bits per heavy atom. The molecule has 0 unspecified atom stereocenters. The van der Waals surface area contributed by atoms with Crippen molar-refractivity contribution in [3.63, 3.8) is 0 Å². The fraction of sp³-hybridized carbons (Fsp3) is 0.222. The molecule has 1 amide bonds. The summed E-state index contributed by atoms with van der Waals surface area (Å²) >= 11 is 0. The van der Waals surface area contributed by atoms with Crippen molar-refractivity contribution in [3.8, 4) is 11.5 Å². The van der Waals surface area contributed by atoms with E-state index in [4.69, 9.17) is 14.2 Å². The molecule has 0 fully saturated rings. The van der Waals surface area contributed by atoms with Crippen LogP contribution in [0, 0.1) is 0 Å². The molecule has 3 rings (SSSR count). The van der Waals surface area contributed by atoms with E-state index in [9.17, 15) is 9.59 Å². The van der Waals surface area contributed by atoms with Crippen LogP contribution >= 0.6 is 0 Å². The maximum absolute atomic E-state index is 12.5. The number of methoxy groups -OCH3 is 3. The van der Waals surface area contributed by atoms with Crippen molar-refractivity contribution in [3.05, 3.63) is 42.0 Å². The van der Waals surface area contributed by atoms with Crippen LogP contribution in [0.4, 0.5) is 5.69 Å². The summed E-state index contributed by atoms with van der Waals surface area (Å²) in [6, 6.07) is 10.3. The number of benzene rings is 2. The molecule has 1 heterocycles. The first kappa shape index (κ1) is 18.2. The summed E-state index contributed by atoms with van der Waals surface area (Å²) in [7, 11) is 4.17. The Bertz CT molecular complexity index is 999. The molecule has 9 nitrogen and oxygen atoms in total. The van der Waals surface area contributed by atoms with Gasteiger partial charge in [0.15, 0.2) is 11.5 Å². The highest BCUT2D eigenvalue weighted by atomic mass is 16.5. The fourth-order valence-electron chi connectivity index (χ4n) is 2.62. The SMILES string of the molecule is COC(=O)c1cc(OC)c(OC)cc1NC(=O)Cn1nnc2ccccc21. The number of fused-ring (bicyclic) bond motifs is 1. The highest BCUT2D eigenvalue weighted by Gasteiger charge is 2.19. The van der Waals surface area contributed by atoms with Gasteiger partial charge in [0.25, 0.3) is 0 Å². The molecule has 0 bridgehead atoms. The molecule has 27 heavy (non-hydrogen) atoms. The lowest BCUT2D eigenvalue weighted by Crippen LogP contribution is -2.21. The average molecular weight is 370 g/mol. The predicted octanol–water partition coefficient (Wildman–Crippen LogP) is 1.87. The standard InChI is InChI=1S/C18H18N4O5/c1-25-15-8-11(18(24)27-3)13(9-16(15)26-2)19-17(23)10-22-14-7-5-4-6-12(14)20-21-22/h4-9H,10H2,1-3H3,(H,19,23). The van der Waals surface area contributed by atoms with Gasteiger partial charge in [0.05, 0.1) is 38.1 Å². The van der Waals surface area contributed by atoms with Crippen LogP contribution in [0.5, 0.6) is 11.5 Å². The molecule has 0 saturated carbocycles. The van der Waals surface area contributed by atoms with Gasteiger partial charge in [0.2, 0.25) is 5.91 Å². The van der Waals surface area contributed by atoms with Crippen molar-refractivity contribution < 1.29 is 23.8 Å². The second-order valence-electron chi connectivity index (χ2n) is 5.53. The monoisotopic (exact) mass is 370 g/mol. The highest BCUT2D eigenvalue weighted by Crippen LogP contribution is 2.33. The molecule has 1 aromatic heterocycles. The number of rotatable bonds is 6. The molecule has 0 aliphatic heterocycles. The molecule has 2 aromatic carbocycles. The van der Waals surface area contributed by atoms with Crippen molar-refractivity contribution >= 4 is 28.6 Å². The Morgan fingerprint density at radius 3 is 2.48 bits per heavy atom. The van der Waals surface area contributed by atoms with Crippen molar-refractivity contribution in [1.29, 1.82) is 0 Å². The number of amides is 1. The number of aromatic nitrogens is 3. The van der Waals surface area contributed by atoms with E-state index in [2.05, 4.69) is 15.6 Å². The normalized spacial score (nSPS) is 10.5. The van der Waals surface area contributed by atoms with E-state index >= 15 is 0 Å². The summed E-state index contributed by atoms with van der Waals surface area (Å²) in [4.78, 5) is 24.6. The molecule has 0 aliphatic rings. The summed E-state index contributed by atoms with van der Waals surface area (Å²) in [6.45, 7) is -0.0739. The second kappa shape index (κ2) is 7.73. The van der Waals surface area contributed by atoms with Gasteiger partial charge in [-0.05, 0) is 12.1 Å². The maximum atomic E-state index is 12.5. The number of hydrogen-bond donors (Lipinski definition) is 1. The number of nitrogens with zero attached hydrogens (tertiary/aromatic N) is 3. The number of ether oxygens (including phenoxy) is 3. The molecule has 3 aromatic rings.